The number of esters is 2. The van der Waals surface area contributed by atoms with E-state index in [4.69, 9.17) is 55.9 Å². The van der Waals surface area contributed by atoms with E-state index in [1.54, 1.807) is 35.8 Å². The van der Waals surface area contributed by atoms with E-state index < -0.39 is 0 Å². The van der Waals surface area contributed by atoms with E-state index >= 15 is 0 Å². The first kappa shape index (κ1) is 47.2. The monoisotopic (exact) mass is 1050 g/mol. The Labute approximate surface area is 397 Å². The van der Waals surface area contributed by atoms with Crippen LogP contribution in [0, 0.1) is 11.8 Å². The predicted molar refractivity (Wildman–Crippen MR) is 253 cm³/mol. The fraction of sp³-hybridized carbons (Fsp3) is 0.304. The molecule has 2 amide bonds. The summed E-state index contributed by atoms with van der Waals surface area (Å²) in [5.41, 5.74) is 4.21. The van der Waals surface area contributed by atoms with Crippen LogP contribution in [0.3, 0.4) is 0 Å². The second-order valence-electron chi connectivity index (χ2n) is 14.4. The highest BCUT2D eigenvalue weighted by atomic mass is 79.9. The van der Waals surface area contributed by atoms with Crippen LogP contribution in [0.15, 0.2) is 91.6 Å². The number of amides is 2. The summed E-state index contributed by atoms with van der Waals surface area (Å²) in [6, 6.07) is 19.3. The van der Waals surface area contributed by atoms with Gasteiger partial charge in [-0.1, -0.05) is 114 Å². The van der Waals surface area contributed by atoms with Crippen molar-refractivity contribution in [3.05, 3.63) is 113 Å². The largest absolute Gasteiger partial charge is 0.466 e. The molecule has 320 valence electrons. The van der Waals surface area contributed by atoms with Crippen molar-refractivity contribution in [2.45, 2.75) is 49.3 Å². The lowest BCUT2D eigenvalue weighted by atomic mass is 9.96. The summed E-state index contributed by atoms with van der Waals surface area (Å²) in [5.74, 6) is -1.30. The van der Waals surface area contributed by atoms with Crippen molar-refractivity contribution in [1.82, 2.24) is 9.80 Å². The Morgan fingerprint density at radius 1 is 0.623 bits per heavy atom. The molecule has 0 aromatic heterocycles. The predicted octanol–water partition coefficient (Wildman–Crippen LogP) is 12.9. The molecule has 4 aromatic carbocycles. The van der Waals surface area contributed by atoms with Crippen molar-refractivity contribution in [2.24, 2.45) is 11.8 Å². The van der Waals surface area contributed by atoms with Gasteiger partial charge in [-0.25, -0.2) is 0 Å². The number of halogens is 6. The summed E-state index contributed by atoms with van der Waals surface area (Å²) >= 11 is 36.8. The minimum Gasteiger partial charge on any atom is -0.466 e. The second kappa shape index (κ2) is 21.9. The zero-order valence-corrected chi connectivity index (χ0v) is 40.3. The molecule has 0 radical (unpaired) electrons. The second-order valence-corrected chi connectivity index (χ2v) is 18.8. The zero-order valence-electron chi connectivity index (χ0n) is 33.3. The van der Waals surface area contributed by atoms with Crippen molar-refractivity contribution >= 4 is 126 Å². The molecule has 0 spiro atoms. The van der Waals surface area contributed by atoms with Gasteiger partial charge in [-0.3, -0.25) is 19.2 Å². The van der Waals surface area contributed by atoms with E-state index in [0.29, 0.717) is 86.0 Å². The van der Waals surface area contributed by atoms with Crippen LogP contribution in [-0.2, 0) is 28.7 Å². The summed E-state index contributed by atoms with van der Waals surface area (Å²) in [5, 5.41) is 0.992. The Morgan fingerprint density at radius 2 is 1.00 bits per heavy atom. The molecule has 2 heterocycles. The average molecular weight is 1050 g/mol. The van der Waals surface area contributed by atoms with Crippen molar-refractivity contribution in [3.63, 3.8) is 0 Å². The highest BCUT2D eigenvalue weighted by molar-refractivity contribution is 9.10. The van der Waals surface area contributed by atoms with Gasteiger partial charge in [0.1, 0.15) is 0 Å². The number of ether oxygens (including phenoxy) is 2. The molecule has 2 aliphatic heterocycles. The first-order valence-corrected chi connectivity index (χ1v) is 23.7. The quantitative estimate of drug-likeness (QED) is 0.103. The Kier molecular flexibility index (Phi) is 16.9. The van der Waals surface area contributed by atoms with Gasteiger partial charge in [0.25, 0.3) is 0 Å². The number of piperidine rings is 2. The number of hydrogen-bond acceptors (Lipinski definition) is 7. The summed E-state index contributed by atoms with van der Waals surface area (Å²) in [6.07, 6.45) is 8.46. The lowest BCUT2D eigenvalue weighted by molar-refractivity contribution is -0.151. The summed E-state index contributed by atoms with van der Waals surface area (Å²) in [6.45, 7) is 5.95. The third kappa shape index (κ3) is 11.6. The van der Waals surface area contributed by atoms with Crippen LogP contribution in [0.4, 0.5) is 0 Å². The molecule has 4 aromatic rings. The molecular formula is C46H42Br2Cl4N2O6S. The highest BCUT2D eigenvalue weighted by Gasteiger charge is 2.29. The van der Waals surface area contributed by atoms with Crippen LogP contribution in [0.1, 0.15) is 50.7 Å². The number of hydrogen-bond donors (Lipinski definition) is 0. The van der Waals surface area contributed by atoms with Gasteiger partial charge < -0.3 is 19.3 Å². The van der Waals surface area contributed by atoms with Crippen LogP contribution < -0.4 is 0 Å². The number of carbonyl (C=O) groups is 4. The molecule has 8 nitrogen and oxygen atoms in total. The van der Waals surface area contributed by atoms with E-state index in [9.17, 15) is 19.2 Å². The highest BCUT2D eigenvalue weighted by Crippen LogP contribution is 2.49. The maximum absolute atomic E-state index is 13.4. The molecular weight excluding hydrogens is 1010 g/mol. The van der Waals surface area contributed by atoms with E-state index in [1.807, 2.05) is 60.7 Å². The molecule has 0 saturated carbocycles. The maximum atomic E-state index is 13.4. The van der Waals surface area contributed by atoms with Crippen LogP contribution in [0.5, 0.6) is 0 Å². The zero-order chi connectivity index (χ0) is 43.8. The van der Waals surface area contributed by atoms with Crippen molar-refractivity contribution in [2.75, 3.05) is 39.4 Å². The third-order valence-electron chi connectivity index (χ3n) is 10.6. The first-order valence-electron chi connectivity index (χ1n) is 19.8. The minimum atomic E-state index is -0.225. The van der Waals surface area contributed by atoms with Crippen molar-refractivity contribution < 1.29 is 28.7 Å². The topological polar surface area (TPSA) is 93.2 Å². The Balaban J connectivity index is 1.32. The van der Waals surface area contributed by atoms with E-state index in [1.165, 1.54) is 23.9 Å². The number of rotatable bonds is 12. The summed E-state index contributed by atoms with van der Waals surface area (Å²) in [4.78, 5) is 56.0. The third-order valence-corrected chi connectivity index (χ3v) is 14.6. The first-order chi connectivity index (χ1) is 29.3. The van der Waals surface area contributed by atoms with Crippen LogP contribution in [-0.4, -0.2) is 72.9 Å². The Bertz CT molecular complexity index is 2220. The molecule has 2 aliphatic rings. The van der Waals surface area contributed by atoms with Crippen LogP contribution in [0.25, 0.3) is 34.4 Å². The smallest absolute Gasteiger partial charge is 0.309 e. The molecule has 6 rings (SSSR count). The Hall–Kier alpha value is -3.29. The lowest BCUT2D eigenvalue weighted by Crippen LogP contribution is -2.39. The Morgan fingerprint density at radius 3 is 1.34 bits per heavy atom. The molecule has 2 saturated heterocycles. The average Bonchev–Trinajstić information content (AvgIpc) is 3.26. The summed E-state index contributed by atoms with van der Waals surface area (Å²) < 4.78 is 12.1. The number of benzene rings is 4. The maximum Gasteiger partial charge on any atom is 0.309 e. The molecule has 2 fully saturated rings. The van der Waals surface area contributed by atoms with Crippen molar-refractivity contribution in [3.8, 4) is 22.3 Å². The molecule has 0 atom stereocenters. The van der Waals surface area contributed by atoms with Crippen LogP contribution in [0.2, 0.25) is 20.1 Å². The van der Waals surface area contributed by atoms with Gasteiger partial charge in [-0.2, -0.15) is 0 Å². The van der Waals surface area contributed by atoms with Gasteiger partial charge >= 0.3 is 11.9 Å². The SMILES string of the molecule is CCOC(=O)C1CCN(C(=O)/C=C/c2c(-c3cccc(Br)c3)cc(Sc3cc(-c4cccc(Br)c4)c(/C=C/C(=O)N4CCC(C(=O)OCC)CC4)c(Cl)c3Cl)c(Cl)c2Cl)CC1. The van der Waals surface area contributed by atoms with Crippen molar-refractivity contribution in [1.29, 1.82) is 0 Å². The molecule has 61 heavy (non-hydrogen) atoms. The lowest BCUT2D eigenvalue weighted by Gasteiger charge is -2.30. The molecule has 15 heteroatoms. The number of carbonyl (C=O) groups excluding carboxylic acids is 4. The number of likely N-dealkylation sites (tertiary alicyclic amines) is 2. The molecule has 0 unspecified atom stereocenters. The van der Waals surface area contributed by atoms with E-state index in [0.717, 1.165) is 31.2 Å². The fourth-order valence-electron chi connectivity index (χ4n) is 7.33. The number of nitrogens with zero attached hydrogens (tertiary/aromatic N) is 2. The van der Waals surface area contributed by atoms with Crippen LogP contribution >= 0.6 is 90.0 Å². The normalized spacial score (nSPS) is 15.1. The van der Waals surface area contributed by atoms with E-state index in [2.05, 4.69) is 31.9 Å². The van der Waals surface area contributed by atoms with Gasteiger partial charge in [-0.15, -0.1) is 0 Å². The van der Waals surface area contributed by atoms with Gasteiger partial charge in [0.05, 0.1) is 45.1 Å². The fourth-order valence-corrected chi connectivity index (χ4v) is 10.3. The molecule has 0 bridgehead atoms. The summed E-state index contributed by atoms with van der Waals surface area (Å²) in [7, 11) is 0. The molecule has 0 N–H and O–H groups in total. The minimum absolute atomic E-state index is 0.205. The van der Waals surface area contributed by atoms with Gasteiger partial charge in [-0.05, 0) is 110 Å². The standard InChI is InChI=1S/C46H42Br2Cl4N2O6S/c1-3-59-45(57)27-15-19-53(20-16-27)39(55)13-11-33-35(29-7-5-9-31(47)23-29)25-37(43(51)41(33)49)61-38-26-36(30-8-6-10-32(48)24-30)34(42(50)44(38)52)12-14-40(56)54-21-17-28(18-22-54)46(58)60-4-2/h5-14,23-28H,3-4,15-22H2,1-2H3/b13-11+,14-12+. The van der Waals surface area contributed by atoms with Gasteiger partial charge in [0, 0.05) is 68.2 Å². The van der Waals surface area contributed by atoms with E-state index in [-0.39, 0.29) is 55.7 Å². The van der Waals surface area contributed by atoms with Gasteiger partial charge in [0.15, 0.2) is 0 Å². The van der Waals surface area contributed by atoms with Gasteiger partial charge in [0.2, 0.25) is 11.8 Å². The molecule has 0 aliphatic carbocycles.